The fourth-order valence-electron chi connectivity index (χ4n) is 2.02. The molecule has 2 rings (SSSR count). The zero-order chi connectivity index (χ0) is 11.4. The van der Waals surface area contributed by atoms with Crippen LogP contribution in [0.3, 0.4) is 0 Å². The van der Waals surface area contributed by atoms with E-state index in [0.717, 1.165) is 30.5 Å². The van der Waals surface area contributed by atoms with Gasteiger partial charge in [0.2, 0.25) is 5.96 Å². The highest BCUT2D eigenvalue weighted by molar-refractivity contribution is 6.41. The third-order valence-corrected chi connectivity index (χ3v) is 2.87. The Morgan fingerprint density at radius 3 is 2.56 bits per heavy atom. The van der Waals surface area contributed by atoms with E-state index in [1.165, 1.54) is 19.3 Å². The molecule has 16 heavy (non-hydrogen) atoms. The molecule has 2 aliphatic heterocycles. The molecule has 2 aliphatic rings. The van der Waals surface area contributed by atoms with Crippen LogP contribution in [0.15, 0.2) is 26.8 Å². The Labute approximate surface area is 96.5 Å². The van der Waals surface area contributed by atoms with Crippen LogP contribution < -0.4 is 0 Å². The Morgan fingerprint density at radius 2 is 1.94 bits per heavy atom. The molecule has 0 saturated carbocycles. The van der Waals surface area contributed by atoms with E-state index < -0.39 is 0 Å². The Morgan fingerprint density at radius 1 is 1.19 bits per heavy atom. The van der Waals surface area contributed by atoms with Crippen LogP contribution >= 0.6 is 0 Å². The van der Waals surface area contributed by atoms with E-state index in [1.54, 1.807) is 13.3 Å². The van der Waals surface area contributed by atoms with Gasteiger partial charge in [0, 0.05) is 26.4 Å². The summed E-state index contributed by atoms with van der Waals surface area (Å²) in [6.45, 7) is 4.14. The van der Waals surface area contributed by atoms with E-state index in [9.17, 15) is 0 Å². The molecule has 0 aromatic carbocycles. The van der Waals surface area contributed by atoms with Crippen molar-refractivity contribution in [2.75, 3.05) is 20.1 Å². The molecule has 0 amide bonds. The number of hydrogen-bond acceptors (Lipinski definition) is 4. The third-order valence-electron chi connectivity index (χ3n) is 2.87. The number of guanidine groups is 1. The maximum atomic E-state index is 4.54. The van der Waals surface area contributed by atoms with Crippen LogP contribution in [0.2, 0.25) is 0 Å². The van der Waals surface area contributed by atoms with Gasteiger partial charge in [-0.1, -0.05) is 6.08 Å². The van der Waals surface area contributed by atoms with Crippen molar-refractivity contribution < 1.29 is 0 Å². The quantitative estimate of drug-likeness (QED) is 0.619. The van der Waals surface area contributed by atoms with E-state index >= 15 is 0 Å². The molecule has 0 spiro atoms. The number of aliphatic imine (C=N–C) groups is 3. The summed E-state index contributed by atoms with van der Waals surface area (Å²) in [6, 6.07) is 0. The molecule has 0 aromatic heterocycles. The second-order valence-electron chi connectivity index (χ2n) is 4.02. The maximum absolute atomic E-state index is 4.54. The summed E-state index contributed by atoms with van der Waals surface area (Å²) in [7, 11) is 1.76. The molecule has 0 bridgehead atoms. The van der Waals surface area contributed by atoms with Crippen LogP contribution in [-0.2, 0) is 0 Å². The van der Waals surface area contributed by atoms with Gasteiger partial charge >= 0.3 is 0 Å². The fourth-order valence-corrected chi connectivity index (χ4v) is 2.02. The van der Waals surface area contributed by atoms with Crippen molar-refractivity contribution in [2.45, 2.75) is 26.2 Å². The average Bonchev–Trinajstić information content (AvgIpc) is 2.74. The minimum Gasteiger partial charge on any atom is -0.341 e. The molecule has 0 unspecified atom stereocenters. The van der Waals surface area contributed by atoms with Crippen LogP contribution in [0.25, 0.3) is 0 Å². The third kappa shape index (κ3) is 2.21. The van der Waals surface area contributed by atoms with Gasteiger partial charge in [-0.25, -0.2) is 9.98 Å². The number of rotatable bonds is 1. The minimum absolute atomic E-state index is 0.864. The first-order valence-corrected chi connectivity index (χ1v) is 5.86. The monoisotopic (exact) mass is 218 g/mol. The maximum Gasteiger partial charge on any atom is 0.226 e. The first-order chi connectivity index (χ1) is 7.85. The predicted molar refractivity (Wildman–Crippen MR) is 68.5 cm³/mol. The lowest BCUT2D eigenvalue weighted by molar-refractivity contribution is 0.340. The van der Waals surface area contributed by atoms with Crippen molar-refractivity contribution in [3.8, 4) is 0 Å². The fraction of sp³-hybridized carbons (Fsp3) is 0.583. The van der Waals surface area contributed by atoms with Crippen molar-refractivity contribution in [1.29, 1.82) is 0 Å². The number of piperidine rings is 1. The topological polar surface area (TPSA) is 40.3 Å². The number of allylic oxidation sites excluding steroid dienone is 2. The lowest BCUT2D eigenvalue weighted by Gasteiger charge is -2.26. The Hall–Kier alpha value is -1.45. The summed E-state index contributed by atoms with van der Waals surface area (Å²) in [5.74, 6) is 0.864. The molecule has 1 saturated heterocycles. The molecule has 1 fully saturated rings. The van der Waals surface area contributed by atoms with Crippen molar-refractivity contribution in [3.63, 3.8) is 0 Å². The molecule has 4 nitrogen and oxygen atoms in total. The van der Waals surface area contributed by atoms with Crippen LogP contribution in [0, 0.1) is 0 Å². The smallest absolute Gasteiger partial charge is 0.226 e. The van der Waals surface area contributed by atoms with Gasteiger partial charge in [-0.15, -0.1) is 0 Å². The summed E-state index contributed by atoms with van der Waals surface area (Å²) in [5.41, 5.74) is 1.82. The van der Waals surface area contributed by atoms with Gasteiger partial charge < -0.3 is 4.90 Å². The largest absolute Gasteiger partial charge is 0.341 e. The van der Waals surface area contributed by atoms with Gasteiger partial charge in [0.25, 0.3) is 0 Å². The van der Waals surface area contributed by atoms with Crippen molar-refractivity contribution in [2.24, 2.45) is 15.0 Å². The van der Waals surface area contributed by atoms with Crippen LogP contribution in [-0.4, -0.2) is 42.9 Å². The van der Waals surface area contributed by atoms with Crippen molar-refractivity contribution >= 4 is 17.9 Å². The van der Waals surface area contributed by atoms with Crippen LogP contribution in [0.4, 0.5) is 0 Å². The normalized spacial score (nSPS) is 24.1. The Bertz CT molecular complexity index is 370. The first-order valence-electron chi connectivity index (χ1n) is 5.86. The molecular weight excluding hydrogens is 200 g/mol. The Kier molecular flexibility index (Phi) is 3.49. The molecule has 0 radical (unpaired) electrons. The van der Waals surface area contributed by atoms with Crippen molar-refractivity contribution in [3.05, 3.63) is 11.8 Å². The molecule has 0 atom stereocenters. The van der Waals surface area contributed by atoms with Gasteiger partial charge in [-0.3, -0.25) is 4.99 Å². The first kappa shape index (κ1) is 11.0. The molecule has 0 aliphatic carbocycles. The van der Waals surface area contributed by atoms with Gasteiger partial charge in [0.15, 0.2) is 0 Å². The van der Waals surface area contributed by atoms with Gasteiger partial charge in [-0.2, -0.15) is 0 Å². The van der Waals surface area contributed by atoms with E-state index in [1.807, 2.05) is 13.0 Å². The molecule has 4 heteroatoms. The number of likely N-dealkylation sites (tertiary alicyclic amines) is 1. The van der Waals surface area contributed by atoms with E-state index in [-0.39, 0.29) is 0 Å². The molecule has 0 aromatic rings. The second kappa shape index (κ2) is 5.05. The van der Waals surface area contributed by atoms with Crippen molar-refractivity contribution in [1.82, 2.24) is 4.90 Å². The molecule has 2 heterocycles. The average molecular weight is 218 g/mol. The summed E-state index contributed by atoms with van der Waals surface area (Å²) >= 11 is 0. The van der Waals surface area contributed by atoms with Gasteiger partial charge in [-0.05, 0) is 26.2 Å². The zero-order valence-electron chi connectivity index (χ0n) is 9.98. The lowest BCUT2D eigenvalue weighted by atomic mass is 10.1. The second-order valence-corrected chi connectivity index (χ2v) is 4.02. The molecular formula is C12H18N4. The van der Waals surface area contributed by atoms with E-state index in [2.05, 4.69) is 19.9 Å². The zero-order valence-corrected chi connectivity index (χ0v) is 9.98. The number of hydrogen-bond donors (Lipinski definition) is 0. The predicted octanol–water partition coefficient (Wildman–Crippen LogP) is 1.89. The van der Waals surface area contributed by atoms with Crippen LogP contribution in [0.1, 0.15) is 26.2 Å². The van der Waals surface area contributed by atoms with Gasteiger partial charge in [0.05, 0.1) is 5.70 Å². The lowest BCUT2D eigenvalue weighted by Crippen LogP contribution is -2.34. The SMILES string of the molecule is C/C=C1/N=C(N2CCCCC2)N=C1C=NC. The summed E-state index contributed by atoms with van der Waals surface area (Å²) in [5, 5.41) is 0. The highest BCUT2D eigenvalue weighted by atomic mass is 15.3. The standard InChI is InChI=1S/C12H18N4/c1-3-10-11(9-13-2)15-12(14-10)16-7-5-4-6-8-16/h3,9H,4-8H2,1-2H3/b10-3+,13-9?. The molecule has 0 N–H and O–H groups in total. The summed E-state index contributed by atoms with van der Waals surface area (Å²) in [6.07, 6.45) is 7.58. The summed E-state index contributed by atoms with van der Waals surface area (Å²) in [4.78, 5) is 15.3. The highest BCUT2D eigenvalue weighted by Crippen LogP contribution is 2.16. The Balaban J connectivity index is 2.16. The van der Waals surface area contributed by atoms with Gasteiger partial charge in [0.1, 0.15) is 5.71 Å². The molecule has 86 valence electrons. The number of nitrogens with zero attached hydrogens (tertiary/aromatic N) is 4. The summed E-state index contributed by atoms with van der Waals surface area (Å²) < 4.78 is 0. The minimum atomic E-state index is 0.864. The van der Waals surface area contributed by atoms with Crippen LogP contribution in [0.5, 0.6) is 0 Å². The highest BCUT2D eigenvalue weighted by Gasteiger charge is 2.20. The van der Waals surface area contributed by atoms with E-state index in [4.69, 9.17) is 0 Å². The van der Waals surface area contributed by atoms with E-state index in [0.29, 0.717) is 0 Å².